The van der Waals surface area contributed by atoms with Gasteiger partial charge in [0.1, 0.15) is 0 Å². The van der Waals surface area contributed by atoms with Crippen molar-refractivity contribution in [3.05, 3.63) is 29.0 Å². The Morgan fingerprint density at radius 2 is 2.12 bits per heavy atom. The van der Waals surface area contributed by atoms with Gasteiger partial charge in [-0.3, -0.25) is 5.10 Å². The Hall–Kier alpha value is -1.000. The molecule has 0 atom stereocenters. The van der Waals surface area contributed by atoms with Crippen LogP contribution in [0.3, 0.4) is 0 Å². The second kappa shape index (κ2) is 4.35. The summed E-state index contributed by atoms with van der Waals surface area (Å²) in [6.07, 6.45) is 0. The summed E-state index contributed by atoms with van der Waals surface area (Å²) in [6.45, 7) is 6.40. The zero-order valence-electron chi connectivity index (χ0n) is 10.4. The maximum absolute atomic E-state index is 9.39. The van der Waals surface area contributed by atoms with Crippen LogP contribution in [0, 0.1) is 6.92 Å². The van der Waals surface area contributed by atoms with Crippen LogP contribution in [-0.2, 0) is 12.0 Å². The molecule has 0 radical (unpaired) electrons. The second-order valence-corrected chi connectivity index (χ2v) is 5.37. The zero-order valence-corrected chi connectivity index (χ0v) is 11.3. The third kappa shape index (κ3) is 1.96. The molecular formula is C13H18N2OS. The number of aryl methyl sites for hydroxylation is 1. The van der Waals surface area contributed by atoms with E-state index in [0.717, 1.165) is 22.3 Å². The van der Waals surface area contributed by atoms with Gasteiger partial charge in [-0.15, -0.1) is 0 Å². The molecule has 1 aromatic carbocycles. The minimum atomic E-state index is -0.0412. The van der Waals surface area contributed by atoms with Crippen molar-refractivity contribution in [2.75, 3.05) is 5.75 Å². The molecule has 0 bridgehead atoms. The highest BCUT2D eigenvalue weighted by Gasteiger charge is 2.25. The number of aromatic amines is 1. The summed E-state index contributed by atoms with van der Waals surface area (Å²) in [6, 6.07) is 4.06. The molecule has 1 heterocycles. The summed E-state index contributed by atoms with van der Waals surface area (Å²) in [7, 11) is 0. The number of nitrogens with zero attached hydrogens (tertiary/aromatic N) is 1. The molecule has 2 rings (SSSR count). The van der Waals surface area contributed by atoms with Crippen molar-refractivity contribution in [1.82, 2.24) is 10.2 Å². The molecule has 1 aromatic heterocycles. The molecule has 0 unspecified atom stereocenters. The number of aromatic nitrogens is 2. The first kappa shape index (κ1) is 12.5. The molecule has 0 fully saturated rings. The van der Waals surface area contributed by atoms with Gasteiger partial charge in [-0.05, 0) is 35.3 Å². The van der Waals surface area contributed by atoms with Crippen molar-refractivity contribution < 1.29 is 5.11 Å². The van der Waals surface area contributed by atoms with E-state index in [2.05, 4.69) is 49.7 Å². The van der Waals surface area contributed by atoms with Crippen LogP contribution < -0.4 is 0 Å². The smallest absolute Gasteiger partial charge is 0.0927 e. The summed E-state index contributed by atoms with van der Waals surface area (Å²) < 4.78 is 0. The van der Waals surface area contributed by atoms with Gasteiger partial charge in [0.2, 0.25) is 0 Å². The standard InChI is InChI=1S/C13H18N2OS/c1-8-4-5-9-11(10(6-16)15-14-9)12(8)13(2,3)7-17/h4-5,16-17H,6-7H2,1-3H3,(H,14,15). The van der Waals surface area contributed by atoms with E-state index in [1.54, 1.807) is 0 Å². The lowest BCUT2D eigenvalue weighted by atomic mass is 9.81. The monoisotopic (exact) mass is 250 g/mol. The first-order chi connectivity index (χ1) is 8.01. The first-order valence-corrected chi connectivity index (χ1v) is 6.33. The number of rotatable bonds is 3. The van der Waals surface area contributed by atoms with Crippen molar-refractivity contribution in [3.63, 3.8) is 0 Å². The lowest BCUT2D eigenvalue weighted by Gasteiger charge is -2.26. The predicted octanol–water partition coefficient (Wildman–Crippen LogP) is 2.57. The molecule has 0 aliphatic rings. The molecule has 0 amide bonds. The summed E-state index contributed by atoms with van der Waals surface area (Å²) in [4.78, 5) is 0. The van der Waals surface area contributed by atoms with E-state index >= 15 is 0 Å². The van der Waals surface area contributed by atoms with Crippen LogP contribution in [0.2, 0.25) is 0 Å². The minimum absolute atomic E-state index is 0.0182. The van der Waals surface area contributed by atoms with Crippen molar-refractivity contribution in [3.8, 4) is 0 Å². The number of aliphatic hydroxyl groups is 1. The minimum Gasteiger partial charge on any atom is -0.390 e. The van der Waals surface area contributed by atoms with Gasteiger partial charge in [0.15, 0.2) is 0 Å². The quantitative estimate of drug-likeness (QED) is 0.733. The number of aliphatic hydroxyl groups excluding tert-OH is 1. The Kier molecular flexibility index (Phi) is 3.19. The van der Waals surface area contributed by atoms with E-state index in [9.17, 15) is 5.11 Å². The predicted molar refractivity (Wildman–Crippen MR) is 73.6 cm³/mol. The van der Waals surface area contributed by atoms with Gasteiger partial charge in [0.05, 0.1) is 17.8 Å². The second-order valence-electron chi connectivity index (χ2n) is 5.05. The average Bonchev–Trinajstić information content (AvgIpc) is 2.71. The summed E-state index contributed by atoms with van der Waals surface area (Å²) in [5, 5.41) is 17.6. The molecule has 0 aliphatic heterocycles. The topological polar surface area (TPSA) is 48.9 Å². The molecule has 92 valence electrons. The highest BCUT2D eigenvalue weighted by molar-refractivity contribution is 7.80. The Balaban J connectivity index is 2.83. The van der Waals surface area contributed by atoms with E-state index in [1.165, 1.54) is 11.1 Å². The molecule has 17 heavy (non-hydrogen) atoms. The number of H-pyrrole nitrogens is 1. The molecule has 4 heteroatoms. The third-order valence-corrected chi connectivity index (χ3v) is 4.03. The number of nitrogens with one attached hydrogen (secondary N) is 1. The number of hydrogen-bond acceptors (Lipinski definition) is 3. The molecule has 0 aliphatic carbocycles. The Bertz CT molecular complexity index is 546. The number of hydrogen-bond donors (Lipinski definition) is 3. The fraction of sp³-hybridized carbons (Fsp3) is 0.462. The van der Waals surface area contributed by atoms with Gasteiger partial charge in [0, 0.05) is 5.39 Å². The van der Waals surface area contributed by atoms with Crippen LogP contribution in [0.25, 0.3) is 10.9 Å². The van der Waals surface area contributed by atoms with Crippen LogP contribution >= 0.6 is 12.6 Å². The molecule has 3 nitrogen and oxygen atoms in total. The zero-order chi connectivity index (χ0) is 12.6. The number of benzene rings is 1. The summed E-state index contributed by atoms with van der Waals surface area (Å²) in [5.41, 5.74) is 4.09. The SMILES string of the molecule is Cc1ccc2n[nH]c(CO)c2c1C(C)(C)CS. The Morgan fingerprint density at radius 1 is 1.41 bits per heavy atom. The van der Waals surface area contributed by atoms with Gasteiger partial charge in [-0.1, -0.05) is 19.9 Å². The molecule has 2 N–H and O–H groups in total. The average molecular weight is 250 g/mol. The normalized spacial score (nSPS) is 12.3. The third-order valence-electron chi connectivity index (χ3n) is 3.23. The van der Waals surface area contributed by atoms with E-state index in [-0.39, 0.29) is 12.0 Å². The van der Waals surface area contributed by atoms with Crippen LogP contribution in [-0.4, -0.2) is 21.1 Å². The van der Waals surface area contributed by atoms with E-state index in [4.69, 9.17) is 0 Å². The number of fused-ring (bicyclic) bond motifs is 1. The van der Waals surface area contributed by atoms with E-state index in [0.29, 0.717) is 0 Å². The van der Waals surface area contributed by atoms with Crippen LogP contribution in [0.1, 0.15) is 30.7 Å². The van der Waals surface area contributed by atoms with Crippen LogP contribution in [0.5, 0.6) is 0 Å². The molecule has 2 aromatic rings. The fourth-order valence-corrected chi connectivity index (χ4v) is 2.50. The summed E-state index contributed by atoms with van der Waals surface area (Å²) >= 11 is 4.44. The van der Waals surface area contributed by atoms with Crippen molar-refractivity contribution in [2.45, 2.75) is 32.8 Å². The first-order valence-electron chi connectivity index (χ1n) is 5.70. The van der Waals surface area contributed by atoms with Crippen molar-refractivity contribution in [2.24, 2.45) is 0 Å². The van der Waals surface area contributed by atoms with Gasteiger partial charge < -0.3 is 5.11 Å². The molecule has 0 spiro atoms. The Labute approximate surface area is 107 Å². The molecule has 0 saturated carbocycles. The van der Waals surface area contributed by atoms with Gasteiger partial charge in [-0.25, -0.2) is 0 Å². The van der Waals surface area contributed by atoms with Crippen LogP contribution in [0.15, 0.2) is 12.1 Å². The van der Waals surface area contributed by atoms with E-state index in [1.807, 2.05) is 6.07 Å². The highest BCUT2D eigenvalue weighted by atomic mass is 32.1. The number of thiol groups is 1. The van der Waals surface area contributed by atoms with Crippen molar-refractivity contribution >= 4 is 23.5 Å². The maximum Gasteiger partial charge on any atom is 0.0927 e. The lowest BCUT2D eigenvalue weighted by Crippen LogP contribution is -2.21. The summed E-state index contributed by atoms with van der Waals surface area (Å²) in [5.74, 6) is 0.753. The largest absolute Gasteiger partial charge is 0.390 e. The fourth-order valence-electron chi connectivity index (χ4n) is 2.34. The lowest BCUT2D eigenvalue weighted by molar-refractivity contribution is 0.278. The molecule has 0 saturated heterocycles. The van der Waals surface area contributed by atoms with Gasteiger partial charge >= 0.3 is 0 Å². The maximum atomic E-state index is 9.39. The Morgan fingerprint density at radius 3 is 2.71 bits per heavy atom. The highest BCUT2D eigenvalue weighted by Crippen LogP contribution is 2.35. The van der Waals surface area contributed by atoms with Gasteiger partial charge in [0.25, 0.3) is 0 Å². The van der Waals surface area contributed by atoms with Gasteiger partial charge in [-0.2, -0.15) is 17.7 Å². The van der Waals surface area contributed by atoms with Crippen molar-refractivity contribution in [1.29, 1.82) is 0 Å². The van der Waals surface area contributed by atoms with Crippen LogP contribution in [0.4, 0.5) is 0 Å². The molecular weight excluding hydrogens is 232 g/mol. The van der Waals surface area contributed by atoms with E-state index < -0.39 is 0 Å².